The van der Waals surface area contributed by atoms with Crippen molar-refractivity contribution in [2.45, 2.75) is 5.92 Å². The van der Waals surface area contributed by atoms with Gasteiger partial charge in [-0.1, -0.05) is 12.1 Å². The van der Waals surface area contributed by atoms with Gasteiger partial charge in [-0.25, -0.2) is 9.18 Å². The first-order chi connectivity index (χ1) is 8.09. The average Bonchev–Trinajstić information content (AvgIpc) is 2.30. The van der Waals surface area contributed by atoms with Crippen LogP contribution in [-0.4, -0.2) is 23.1 Å². The van der Waals surface area contributed by atoms with Gasteiger partial charge in [-0.3, -0.25) is 9.79 Å². The van der Waals surface area contributed by atoms with Gasteiger partial charge in [0.25, 0.3) is 0 Å². The Morgan fingerprint density at radius 1 is 1.29 bits per heavy atom. The molecular formula is C12H8FNO3. The Labute approximate surface area is 96.1 Å². The van der Waals surface area contributed by atoms with Crippen molar-refractivity contribution < 1.29 is 19.1 Å². The SMILES string of the molecule is O=C(O)C1=CN=CC(c2ccc(F)cc2)C1=O. The van der Waals surface area contributed by atoms with Crippen molar-refractivity contribution in [2.75, 3.05) is 0 Å². The van der Waals surface area contributed by atoms with Gasteiger partial charge in [0.15, 0.2) is 5.78 Å². The van der Waals surface area contributed by atoms with Crippen LogP contribution >= 0.6 is 0 Å². The molecule has 2 rings (SSSR count). The van der Waals surface area contributed by atoms with Crippen LogP contribution in [0.25, 0.3) is 0 Å². The number of hydrogen-bond donors (Lipinski definition) is 1. The number of halogens is 1. The second-order valence-corrected chi connectivity index (χ2v) is 3.54. The molecule has 1 N–H and O–H groups in total. The third-order valence-electron chi connectivity index (χ3n) is 2.45. The fourth-order valence-corrected chi connectivity index (χ4v) is 1.57. The molecule has 1 aliphatic heterocycles. The van der Waals surface area contributed by atoms with Crippen LogP contribution < -0.4 is 0 Å². The highest BCUT2D eigenvalue weighted by Crippen LogP contribution is 2.22. The maximum absolute atomic E-state index is 12.7. The van der Waals surface area contributed by atoms with E-state index < -0.39 is 23.5 Å². The molecule has 0 radical (unpaired) electrons. The van der Waals surface area contributed by atoms with E-state index in [9.17, 15) is 14.0 Å². The Hall–Kier alpha value is -2.30. The molecule has 1 aromatic rings. The van der Waals surface area contributed by atoms with Crippen molar-refractivity contribution in [3.05, 3.63) is 47.4 Å². The van der Waals surface area contributed by atoms with E-state index in [0.29, 0.717) is 5.56 Å². The topological polar surface area (TPSA) is 66.7 Å². The lowest BCUT2D eigenvalue weighted by molar-refractivity contribution is -0.134. The minimum absolute atomic E-state index is 0.359. The van der Waals surface area contributed by atoms with Gasteiger partial charge in [0.05, 0.1) is 5.92 Å². The molecule has 1 unspecified atom stereocenters. The molecule has 1 aromatic carbocycles. The zero-order valence-corrected chi connectivity index (χ0v) is 8.63. The summed E-state index contributed by atoms with van der Waals surface area (Å²) in [5.41, 5.74) is 0.161. The lowest BCUT2D eigenvalue weighted by Crippen LogP contribution is -2.23. The number of aliphatic carboxylic acids is 1. The zero-order chi connectivity index (χ0) is 12.4. The zero-order valence-electron chi connectivity index (χ0n) is 8.63. The van der Waals surface area contributed by atoms with E-state index in [1.165, 1.54) is 30.5 Å². The van der Waals surface area contributed by atoms with E-state index in [0.717, 1.165) is 6.20 Å². The summed E-state index contributed by atoms with van der Waals surface area (Å²) in [6.07, 6.45) is 2.37. The number of benzene rings is 1. The standard InChI is InChI=1S/C12H8FNO3/c13-8-3-1-7(2-4-8)9-5-14-6-10(11(9)15)12(16)17/h1-6,9H,(H,16,17). The van der Waals surface area contributed by atoms with Crippen molar-refractivity contribution in [1.82, 2.24) is 0 Å². The van der Waals surface area contributed by atoms with Gasteiger partial charge in [0.2, 0.25) is 0 Å². The molecule has 0 saturated carbocycles. The number of carboxylic acids is 1. The van der Waals surface area contributed by atoms with Crippen LogP contribution in [0.3, 0.4) is 0 Å². The summed E-state index contributed by atoms with van der Waals surface area (Å²) in [6, 6.07) is 5.31. The molecule has 0 saturated heterocycles. The van der Waals surface area contributed by atoms with Crippen LogP contribution in [0, 0.1) is 5.82 Å². The van der Waals surface area contributed by atoms with Crippen molar-refractivity contribution in [2.24, 2.45) is 4.99 Å². The monoisotopic (exact) mass is 233 g/mol. The number of carbonyl (C=O) groups is 2. The van der Waals surface area contributed by atoms with Gasteiger partial charge in [-0.2, -0.15) is 0 Å². The molecule has 0 fully saturated rings. The second kappa shape index (κ2) is 4.29. The minimum Gasteiger partial charge on any atom is -0.478 e. The number of ketones is 1. The van der Waals surface area contributed by atoms with E-state index in [1.807, 2.05) is 0 Å². The molecule has 1 heterocycles. The molecule has 4 nitrogen and oxygen atoms in total. The van der Waals surface area contributed by atoms with Crippen LogP contribution in [0.15, 0.2) is 41.0 Å². The first kappa shape index (κ1) is 11.2. The number of aliphatic imine (C=N–C) groups is 1. The third-order valence-corrected chi connectivity index (χ3v) is 2.45. The molecular weight excluding hydrogens is 225 g/mol. The number of carbonyl (C=O) groups excluding carboxylic acids is 1. The number of Topliss-reactive ketones (excluding diaryl/α,β-unsaturated/α-hetero) is 1. The molecule has 86 valence electrons. The highest BCUT2D eigenvalue weighted by Gasteiger charge is 2.28. The fourth-order valence-electron chi connectivity index (χ4n) is 1.57. The van der Waals surface area contributed by atoms with Crippen LogP contribution in [0.2, 0.25) is 0 Å². The molecule has 1 atom stereocenters. The average molecular weight is 233 g/mol. The second-order valence-electron chi connectivity index (χ2n) is 3.54. The van der Waals surface area contributed by atoms with Gasteiger partial charge in [0, 0.05) is 12.4 Å². The molecule has 1 aliphatic rings. The Kier molecular flexibility index (Phi) is 2.82. The van der Waals surface area contributed by atoms with Crippen LogP contribution in [0.5, 0.6) is 0 Å². The van der Waals surface area contributed by atoms with Crippen LogP contribution in [0.4, 0.5) is 4.39 Å². The summed E-state index contributed by atoms with van der Waals surface area (Å²) in [6.45, 7) is 0. The Balaban J connectivity index is 2.34. The first-order valence-electron chi connectivity index (χ1n) is 4.86. The number of rotatable bonds is 2. The van der Waals surface area contributed by atoms with Gasteiger partial charge in [-0.05, 0) is 17.7 Å². The predicted molar refractivity (Wildman–Crippen MR) is 58.4 cm³/mol. The van der Waals surface area contributed by atoms with E-state index in [-0.39, 0.29) is 5.57 Å². The summed E-state index contributed by atoms with van der Waals surface area (Å²) in [5.74, 6) is -3.02. The maximum atomic E-state index is 12.7. The maximum Gasteiger partial charge on any atom is 0.340 e. The lowest BCUT2D eigenvalue weighted by atomic mass is 9.90. The summed E-state index contributed by atoms with van der Waals surface area (Å²) in [4.78, 5) is 26.3. The Morgan fingerprint density at radius 2 is 1.94 bits per heavy atom. The number of hydrogen-bond acceptors (Lipinski definition) is 3. The van der Waals surface area contributed by atoms with Gasteiger partial charge in [-0.15, -0.1) is 0 Å². The first-order valence-corrected chi connectivity index (χ1v) is 4.86. The predicted octanol–water partition coefficient (Wildman–Crippen LogP) is 1.53. The Bertz CT molecular complexity index is 531. The molecule has 0 spiro atoms. The molecule has 17 heavy (non-hydrogen) atoms. The molecule has 0 aromatic heterocycles. The number of nitrogens with zero attached hydrogens (tertiary/aromatic N) is 1. The van der Waals surface area contributed by atoms with Gasteiger partial charge < -0.3 is 5.11 Å². The highest BCUT2D eigenvalue weighted by atomic mass is 19.1. The van der Waals surface area contributed by atoms with Crippen molar-refractivity contribution >= 4 is 18.0 Å². The van der Waals surface area contributed by atoms with Crippen LogP contribution in [0.1, 0.15) is 11.5 Å². The summed E-state index contributed by atoms with van der Waals surface area (Å²) in [7, 11) is 0. The molecule has 0 amide bonds. The van der Waals surface area contributed by atoms with Crippen molar-refractivity contribution in [3.63, 3.8) is 0 Å². The molecule has 5 heteroatoms. The summed E-state index contributed by atoms with van der Waals surface area (Å²) in [5, 5.41) is 8.79. The van der Waals surface area contributed by atoms with E-state index in [1.54, 1.807) is 0 Å². The molecule has 0 aliphatic carbocycles. The van der Waals surface area contributed by atoms with E-state index in [4.69, 9.17) is 5.11 Å². The van der Waals surface area contributed by atoms with Gasteiger partial charge in [0.1, 0.15) is 11.4 Å². The fraction of sp³-hybridized carbons (Fsp3) is 0.0833. The smallest absolute Gasteiger partial charge is 0.340 e. The molecule has 0 bridgehead atoms. The largest absolute Gasteiger partial charge is 0.478 e. The quantitative estimate of drug-likeness (QED) is 0.788. The highest BCUT2D eigenvalue weighted by molar-refractivity contribution is 6.24. The lowest BCUT2D eigenvalue weighted by Gasteiger charge is -2.14. The number of carboxylic acid groups (broad SMARTS) is 1. The van der Waals surface area contributed by atoms with Crippen molar-refractivity contribution in [3.8, 4) is 0 Å². The Morgan fingerprint density at radius 3 is 2.53 bits per heavy atom. The van der Waals surface area contributed by atoms with E-state index >= 15 is 0 Å². The normalized spacial score (nSPS) is 19.0. The minimum atomic E-state index is -1.31. The summed E-state index contributed by atoms with van der Waals surface area (Å²) >= 11 is 0. The summed E-state index contributed by atoms with van der Waals surface area (Å²) < 4.78 is 12.7. The third kappa shape index (κ3) is 2.13. The van der Waals surface area contributed by atoms with E-state index in [2.05, 4.69) is 4.99 Å². The van der Waals surface area contributed by atoms with Gasteiger partial charge >= 0.3 is 5.97 Å². The van der Waals surface area contributed by atoms with Crippen LogP contribution in [-0.2, 0) is 9.59 Å². The van der Waals surface area contributed by atoms with Crippen molar-refractivity contribution in [1.29, 1.82) is 0 Å².